The molecule has 1 amide bonds. The van der Waals surface area contributed by atoms with Crippen LogP contribution in [0.2, 0.25) is 0 Å². The molecule has 0 saturated carbocycles. The molecule has 1 atom stereocenters. The Morgan fingerprint density at radius 1 is 1.55 bits per heavy atom. The number of nitrogens with one attached hydrogen (secondary N) is 1. The molecule has 0 aromatic heterocycles. The third-order valence-corrected chi connectivity index (χ3v) is 3.08. The average molecular weight is 274 g/mol. The van der Waals surface area contributed by atoms with Crippen molar-refractivity contribution in [2.75, 3.05) is 13.2 Å². The molecule has 0 spiro atoms. The number of rotatable bonds is 4. The monoisotopic (exact) mass is 274 g/mol. The Balaban J connectivity index is 2.02. The predicted octanol–water partition coefficient (Wildman–Crippen LogP) is 2.03. The van der Waals surface area contributed by atoms with Gasteiger partial charge in [-0.2, -0.15) is 5.26 Å². The van der Waals surface area contributed by atoms with Crippen LogP contribution >= 0.6 is 0 Å². The van der Waals surface area contributed by atoms with Crippen molar-refractivity contribution in [2.24, 2.45) is 0 Å². The lowest BCUT2D eigenvalue weighted by atomic mass is 10.1. The highest BCUT2D eigenvalue weighted by Gasteiger charge is 2.17. The van der Waals surface area contributed by atoms with E-state index in [0.717, 1.165) is 12.8 Å². The molecule has 20 heavy (non-hydrogen) atoms. The van der Waals surface area contributed by atoms with Crippen LogP contribution in [0.1, 0.15) is 18.4 Å². The van der Waals surface area contributed by atoms with E-state index >= 15 is 0 Å². The van der Waals surface area contributed by atoms with Crippen LogP contribution in [0.3, 0.4) is 0 Å². The molecular weight excluding hydrogens is 259 g/mol. The van der Waals surface area contributed by atoms with Gasteiger partial charge in [0, 0.05) is 18.7 Å². The van der Waals surface area contributed by atoms with Gasteiger partial charge in [0.25, 0.3) is 5.91 Å². The lowest BCUT2D eigenvalue weighted by Crippen LogP contribution is -2.32. The zero-order valence-electron chi connectivity index (χ0n) is 10.9. The number of nitriles is 1. The smallest absolute Gasteiger partial charge is 0.262 e. The van der Waals surface area contributed by atoms with E-state index in [2.05, 4.69) is 5.32 Å². The lowest BCUT2D eigenvalue weighted by molar-refractivity contribution is -0.117. The highest BCUT2D eigenvalue weighted by Crippen LogP contribution is 2.13. The molecule has 104 valence electrons. The molecule has 2 rings (SSSR count). The van der Waals surface area contributed by atoms with Crippen LogP contribution in [0, 0.1) is 17.1 Å². The van der Waals surface area contributed by atoms with Crippen molar-refractivity contribution in [1.29, 1.82) is 5.26 Å². The number of ether oxygens (including phenoxy) is 1. The highest BCUT2D eigenvalue weighted by molar-refractivity contribution is 6.01. The number of amides is 1. The fourth-order valence-corrected chi connectivity index (χ4v) is 2.00. The van der Waals surface area contributed by atoms with E-state index in [9.17, 15) is 9.18 Å². The Labute approximate surface area is 116 Å². The number of hydrogen-bond acceptors (Lipinski definition) is 3. The molecule has 1 aliphatic rings. The summed E-state index contributed by atoms with van der Waals surface area (Å²) < 4.78 is 18.9. The summed E-state index contributed by atoms with van der Waals surface area (Å²) in [6.07, 6.45) is 3.14. The Morgan fingerprint density at radius 3 is 3.00 bits per heavy atom. The molecule has 1 aromatic rings. The number of benzene rings is 1. The first kappa shape index (κ1) is 14.2. The van der Waals surface area contributed by atoms with E-state index in [0.29, 0.717) is 13.2 Å². The average Bonchev–Trinajstić information content (AvgIpc) is 2.97. The first-order chi connectivity index (χ1) is 9.70. The van der Waals surface area contributed by atoms with Gasteiger partial charge in [0.15, 0.2) is 0 Å². The highest BCUT2D eigenvalue weighted by atomic mass is 19.1. The minimum absolute atomic E-state index is 0.00681. The van der Waals surface area contributed by atoms with Crippen molar-refractivity contribution in [1.82, 2.24) is 5.32 Å². The maximum absolute atomic E-state index is 13.5. The van der Waals surface area contributed by atoms with Crippen LogP contribution in [0.5, 0.6) is 0 Å². The van der Waals surface area contributed by atoms with E-state index < -0.39 is 11.7 Å². The van der Waals surface area contributed by atoms with Gasteiger partial charge >= 0.3 is 0 Å². The van der Waals surface area contributed by atoms with Crippen LogP contribution in [0.4, 0.5) is 4.39 Å². The van der Waals surface area contributed by atoms with Gasteiger partial charge in [-0.3, -0.25) is 4.79 Å². The number of hydrogen-bond donors (Lipinski definition) is 1. The fourth-order valence-electron chi connectivity index (χ4n) is 2.00. The van der Waals surface area contributed by atoms with E-state index in [4.69, 9.17) is 10.00 Å². The van der Waals surface area contributed by atoms with Gasteiger partial charge in [-0.15, -0.1) is 0 Å². The minimum Gasteiger partial charge on any atom is -0.376 e. The van der Waals surface area contributed by atoms with Crippen LogP contribution < -0.4 is 5.32 Å². The second kappa shape index (κ2) is 6.83. The summed E-state index contributed by atoms with van der Waals surface area (Å²) in [5.74, 6) is -0.974. The molecule has 1 saturated heterocycles. The van der Waals surface area contributed by atoms with Gasteiger partial charge in [0.05, 0.1) is 6.10 Å². The third kappa shape index (κ3) is 3.65. The van der Waals surface area contributed by atoms with Gasteiger partial charge in [0.1, 0.15) is 17.5 Å². The van der Waals surface area contributed by atoms with Gasteiger partial charge in [-0.1, -0.05) is 18.2 Å². The standard InChI is InChI=1S/C15H15FN2O2/c16-14-6-2-1-4-11(14)8-12(9-17)15(19)18-10-13-5-3-7-20-13/h1-2,4,6,8,13H,3,5,7,10H2,(H,18,19)/b12-8+. The quantitative estimate of drug-likeness (QED) is 0.675. The SMILES string of the molecule is N#C/C(=C\c1ccccc1F)C(=O)NCC1CCCO1. The predicted molar refractivity (Wildman–Crippen MR) is 72.0 cm³/mol. The summed E-state index contributed by atoms with van der Waals surface area (Å²) in [6, 6.07) is 7.79. The van der Waals surface area contributed by atoms with Crippen molar-refractivity contribution in [3.8, 4) is 6.07 Å². The Bertz CT molecular complexity index is 557. The summed E-state index contributed by atoms with van der Waals surface area (Å²) in [5, 5.41) is 11.6. The van der Waals surface area contributed by atoms with Crippen LogP contribution in [-0.2, 0) is 9.53 Å². The summed E-state index contributed by atoms with van der Waals surface area (Å²) >= 11 is 0. The van der Waals surface area contributed by atoms with E-state index in [1.807, 2.05) is 0 Å². The largest absolute Gasteiger partial charge is 0.376 e. The van der Waals surface area contributed by atoms with Crippen molar-refractivity contribution >= 4 is 12.0 Å². The fraction of sp³-hybridized carbons (Fsp3) is 0.333. The first-order valence-electron chi connectivity index (χ1n) is 6.47. The van der Waals surface area contributed by atoms with Gasteiger partial charge in [-0.05, 0) is 25.0 Å². The number of nitrogens with zero attached hydrogens (tertiary/aromatic N) is 1. The van der Waals surface area contributed by atoms with E-state index in [1.165, 1.54) is 18.2 Å². The van der Waals surface area contributed by atoms with Crippen molar-refractivity contribution < 1.29 is 13.9 Å². The molecule has 0 bridgehead atoms. The molecule has 4 nitrogen and oxygen atoms in total. The molecule has 1 unspecified atom stereocenters. The topological polar surface area (TPSA) is 62.1 Å². The second-order valence-electron chi connectivity index (χ2n) is 4.54. The maximum Gasteiger partial charge on any atom is 0.262 e. The van der Waals surface area contributed by atoms with E-state index in [1.54, 1.807) is 18.2 Å². The molecule has 1 aliphatic heterocycles. The number of carbonyl (C=O) groups excluding carboxylic acids is 1. The van der Waals surface area contributed by atoms with Gasteiger partial charge in [0.2, 0.25) is 0 Å². The zero-order chi connectivity index (χ0) is 14.4. The summed E-state index contributed by atoms with van der Waals surface area (Å²) in [6.45, 7) is 1.08. The van der Waals surface area contributed by atoms with Crippen LogP contribution in [0.15, 0.2) is 29.8 Å². The van der Waals surface area contributed by atoms with Crippen molar-refractivity contribution in [3.05, 3.63) is 41.2 Å². The normalized spacial score (nSPS) is 18.6. The molecule has 0 radical (unpaired) electrons. The molecule has 1 fully saturated rings. The summed E-state index contributed by atoms with van der Waals surface area (Å²) in [4.78, 5) is 11.9. The molecular formula is C15H15FN2O2. The van der Waals surface area contributed by atoms with Crippen molar-refractivity contribution in [3.63, 3.8) is 0 Å². The molecule has 5 heteroatoms. The molecule has 1 heterocycles. The van der Waals surface area contributed by atoms with Crippen LogP contribution in [0.25, 0.3) is 6.08 Å². The van der Waals surface area contributed by atoms with E-state index in [-0.39, 0.29) is 17.2 Å². The summed E-state index contributed by atoms with van der Waals surface area (Å²) in [5.41, 5.74) is 0.101. The number of carbonyl (C=O) groups is 1. The minimum atomic E-state index is -0.508. The summed E-state index contributed by atoms with van der Waals surface area (Å²) in [7, 11) is 0. The zero-order valence-corrected chi connectivity index (χ0v) is 10.9. The first-order valence-corrected chi connectivity index (χ1v) is 6.47. The Morgan fingerprint density at radius 2 is 2.35 bits per heavy atom. The molecule has 1 aromatic carbocycles. The lowest BCUT2D eigenvalue weighted by Gasteiger charge is -2.10. The maximum atomic E-state index is 13.5. The van der Waals surface area contributed by atoms with Crippen LogP contribution in [-0.4, -0.2) is 25.2 Å². The number of halogens is 1. The Kier molecular flexibility index (Phi) is 4.85. The third-order valence-electron chi connectivity index (χ3n) is 3.08. The molecule has 0 aliphatic carbocycles. The second-order valence-corrected chi connectivity index (χ2v) is 4.54. The Hall–Kier alpha value is -2.19. The van der Waals surface area contributed by atoms with Gasteiger partial charge < -0.3 is 10.1 Å². The van der Waals surface area contributed by atoms with Gasteiger partial charge in [-0.25, -0.2) is 4.39 Å². The molecule has 1 N–H and O–H groups in total. The van der Waals surface area contributed by atoms with Crippen molar-refractivity contribution in [2.45, 2.75) is 18.9 Å².